The summed E-state index contributed by atoms with van der Waals surface area (Å²) in [6.45, 7) is 12.7. The predicted molar refractivity (Wildman–Crippen MR) is 67.1 cm³/mol. The quantitative estimate of drug-likeness (QED) is 0.719. The minimum Gasteiger partial charge on any atom is -0.316 e. The Bertz CT molecular complexity index is 225. The first kappa shape index (κ1) is 12.7. The van der Waals surface area contributed by atoms with Gasteiger partial charge in [-0.15, -0.1) is 0 Å². The van der Waals surface area contributed by atoms with Crippen molar-refractivity contribution < 1.29 is 0 Å². The fourth-order valence-corrected chi connectivity index (χ4v) is 2.04. The third kappa shape index (κ3) is 3.96. The Morgan fingerprint density at radius 1 is 1.47 bits per heavy atom. The lowest BCUT2D eigenvalue weighted by Gasteiger charge is -2.33. The molecule has 0 radical (unpaired) electrons. The molecule has 0 fully saturated rings. The molecule has 1 aliphatic rings. The fourth-order valence-electron chi connectivity index (χ4n) is 2.04. The summed E-state index contributed by atoms with van der Waals surface area (Å²) in [4.78, 5) is 2.52. The van der Waals surface area contributed by atoms with Crippen LogP contribution in [0.1, 0.15) is 34.1 Å². The first-order valence-electron chi connectivity index (χ1n) is 6.02. The van der Waals surface area contributed by atoms with Gasteiger partial charge in [-0.05, 0) is 25.8 Å². The summed E-state index contributed by atoms with van der Waals surface area (Å²) in [5.74, 6) is 0. The Labute approximate surface area is 94.7 Å². The Balaban J connectivity index is 2.44. The van der Waals surface area contributed by atoms with Crippen molar-refractivity contribution >= 4 is 0 Å². The normalized spacial score (nSPS) is 21.3. The molecule has 1 rings (SSSR count). The van der Waals surface area contributed by atoms with E-state index in [9.17, 15) is 0 Å². The minimum atomic E-state index is 0.362. The Kier molecular flexibility index (Phi) is 4.35. The summed E-state index contributed by atoms with van der Waals surface area (Å²) in [5.41, 5.74) is 1.98. The SMILES string of the molecule is CNC(C)CN1CC=C(C(C)(C)C)CC1. The monoisotopic (exact) mass is 210 g/mol. The zero-order valence-corrected chi connectivity index (χ0v) is 10.9. The highest BCUT2D eigenvalue weighted by molar-refractivity contribution is 5.14. The minimum absolute atomic E-state index is 0.362. The van der Waals surface area contributed by atoms with Gasteiger partial charge in [0.05, 0.1) is 0 Å². The second kappa shape index (κ2) is 5.13. The first-order chi connectivity index (χ1) is 6.93. The molecule has 0 bridgehead atoms. The van der Waals surface area contributed by atoms with Crippen LogP contribution in [0.2, 0.25) is 0 Å². The Morgan fingerprint density at radius 3 is 2.53 bits per heavy atom. The highest BCUT2D eigenvalue weighted by Gasteiger charge is 2.21. The van der Waals surface area contributed by atoms with E-state index in [-0.39, 0.29) is 0 Å². The van der Waals surface area contributed by atoms with Crippen molar-refractivity contribution in [3.05, 3.63) is 11.6 Å². The van der Waals surface area contributed by atoms with Gasteiger partial charge in [-0.3, -0.25) is 4.90 Å². The summed E-state index contributed by atoms with van der Waals surface area (Å²) in [5, 5.41) is 3.29. The predicted octanol–water partition coefficient (Wildman–Crippen LogP) is 2.27. The van der Waals surface area contributed by atoms with Gasteiger partial charge < -0.3 is 5.32 Å². The molecule has 1 atom stereocenters. The van der Waals surface area contributed by atoms with Gasteiger partial charge in [-0.1, -0.05) is 32.4 Å². The maximum Gasteiger partial charge on any atom is 0.0166 e. The molecule has 2 heteroatoms. The van der Waals surface area contributed by atoms with E-state index in [0.717, 1.165) is 13.1 Å². The van der Waals surface area contributed by atoms with Crippen LogP contribution in [0.3, 0.4) is 0 Å². The van der Waals surface area contributed by atoms with E-state index in [2.05, 4.69) is 44.0 Å². The van der Waals surface area contributed by atoms with Gasteiger partial charge in [0.1, 0.15) is 0 Å². The highest BCUT2D eigenvalue weighted by atomic mass is 15.1. The fraction of sp³-hybridized carbons (Fsp3) is 0.846. The van der Waals surface area contributed by atoms with Crippen LogP contribution in [-0.4, -0.2) is 37.6 Å². The summed E-state index contributed by atoms with van der Waals surface area (Å²) in [6, 6.07) is 0.592. The number of nitrogens with zero attached hydrogens (tertiary/aromatic N) is 1. The summed E-state index contributed by atoms with van der Waals surface area (Å²) >= 11 is 0. The highest BCUT2D eigenvalue weighted by Crippen LogP contribution is 2.29. The molecule has 1 unspecified atom stereocenters. The van der Waals surface area contributed by atoms with Crippen molar-refractivity contribution in [3.8, 4) is 0 Å². The molecule has 1 aliphatic heterocycles. The van der Waals surface area contributed by atoms with Crippen molar-refractivity contribution in [2.75, 3.05) is 26.7 Å². The molecule has 0 aromatic rings. The van der Waals surface area contributed by atoms with Crippen LogP contribution in [-0.2, 0) is 0 Å². The average Bonchev–Trinajstić information content (AvgIpc) is 2.17. The summed E-state index contributed by atoms with van der Waals surface area (Å²) in [6.07, 6.45) is 3.66. The molecule has 0 aromatic heterocycles. The van der Waals surface area contributed by atoms with E-state index in [1.807, 2.05) is 7.05 Å². The molecule has 0 saturated heterocycles. The van der Waals surface area contributed by atoms with E-state index in [0.29, 0.717) is 11.5 Å². The maximum absolute atomic E-state index is 3.29. The molecule has 1 N–H and O–H groups in total. The van der Waals surface area contributed by atoms with Crippen LogP contribution in [0.5, 0.6) is 0 Å². The number of hydrogen-bond acceptors (Lipinski definition) is 2. The lowest BCUT2D eigenvalue weighted by Crippen LogP contribution is -2.40. The number of likely N-dealkylation sites (N-methyl/N-ethyl adjacent to an activating group) is 1. The van der Waals surface area contributed by atoms with E-state index >= 15 is 0 Å². The lowest BCUT2D eigenvalue weighted by atomic mass is 9.83. The molecule has 0 saturated carbocycles. The van der Waals surface area contributed by atoms with Crippen LogP contribution in [0.15, 0.2) is 11.6 Å². The smallest absolute Gasteiger partial charge is 0.0166 e. The van der Waals surface area contributed by atoms with Crippen LogP contribution >= 0.6 is 0 Å². The third-order valence-corrected chi connectivity index (χ3v) is 3.28. The number of rotatable bonds is 3. The van der Waals surface area contributed by atoms with Gasteiger partial charge in [0, 0.05) is 25.7 Å². The van der Waals surface area contributed by atoms with E-state index in [1.54, 1.807) is 5.57 Å². The van der Waals surface area contributed by atoms with E-state index in [4.69, 9.17) is 0 Å². The zero-order chi connectivity index (χ0) is 11.5. The molecule has 15 heavy (non-hydrogen) atoms. The molecular formula is C13H26N2. The van der Waals surface area contributed by atoms with E-state index < -0.39 is 0 Å². The third-order valence-electron chi connectivity index (χ3n) is 3.28. The number of hydrogen-bond donors (Lipinski definition) is 1. The maximum atomic E-state index is 3.29. The second-order valence-corrected chi connectivity index (χ2v) is 5.68. The van der Waals surface area contributed by atoms with Crippen molar-refractivity contribution in [3.63, 3.8) is 0 Å². The van der Waals surface area contributed by atoms with Gasteiger partial charge in [-0.2, -0.15) is 0 Å². The van der Waals surface area contributed by atoms with Crippen molar-refractivity contribution in [2.24, 2.45) is 5.41 Å². The van der Waals surface area contributed by atoms with Crippen LogP contribution in [0.4, 0.5) is 0 Å². The average molecular weight is 210 g/mol. The molecule has 0 spiro atoms. The Morgan fingerprint density at radius 2 is 2.13 bits per heavy atom. The van der Waals surface area contributed by atoms with E-state index in [1.165, 1.54) is 13.0 Å². The number of nitrogens with one attached hydrogen (secondary N) is 1. The second-order valence-electron chi connectivity index (χ2n) is 5.68. The lowest BCUT2D eigenvalue weighted by molar-refractivity contribution is 0.257. The molecule has 0 aliphatic carbocycles. The molecule has 2 nitrogen and oxygen atoms in total. The first-order valence-corrected chi connectivity index (χ1v) is 6.02. The summed E-state index contributed by atoms with van der Waals surface area (Å²) < 4.78 is 0. The molecule has 88 valence electrons. The van der Waals surface area contributed by atoms with Crippen LogP contribution < -0.4 is 5.32 Å². The largest absolute Gasteiger partial charge is 0.316 e. The van der Waals surface area contributed by atoms with Gasteiger partial charge in [-0.25, -0.2) is 0 Å². The van der Waals surface area contributed by atoms with Crippen molar-refractivity contribution in [1.29, 1.82) is 0 Å². The molecular weight excluding hydrogens is 184 g/mol. The van der Waals surface area contributed by atoms with Crippen molar-refractivity contribution in [1.82, 2.24) is 10.2 Å². The Hall–Kier alpha value is -0.340. The zero-order valence-electron chi connectivity index (χ0n) is 10.9. The van der Waals surface area contributed by atoms with Crippen molar-refractivity contribution in [2.45, 2.75) is 40.2 Å². The standard InChI is InChI=1S/C13H26N2/c1-11(14-5)10-15-8-6-12(7-9-15)13(2,3)4/h6,11,14H,7-10H2,1-5H3. The van der Waals surface area contributed by atoms with Gasteiger partial charge in [0.25, 0.3) is 0 Å². The molecule has 0 amide bonds. The molecule has 0 aromatic carbocycles. The summed E-state index contributed by atoms with van der Waals surface area (Å²) in [7, 11) is 2.03. The van der Waals surface area contributed by atoms with Crippen LogP contribution in [0.25, 0.3) is 0 Å². The van der Waals surface area contributed by atoms with Gasteiger partial charge in [0.15, 0.2) is 0 Å². The van der Waals surface area contributed by atoms with Crippen LogP contribution in [0, 0.1) is 5.41 Å². The topological polar surface area (TPSA) is 15.3 Å². The van der Waals surface area contributed by atoms with Gasteiger partial charge in [0.2, 0.25) is 0 Å². The van der Waals surface area contributed by atoms with Gasteiger partial charge >= 0.3 is 0 Å². The molecule has 1 heterocycles.